The Morgan fingerprint density at radius 2 is 1.96 bits per heavy atom. The van der Waals surface area contributed by atoms with Gasteiger partial charge >= 0.3 is 0 Å². The van der Waals surface area contributed by atoms with Crippen molar-refractivity contribution in [3.63, 3.8) is 0 Å². The Morgan fingerprint density at radius 3 is 2.82 bits per heavy atom. The third-order valence-electron chi connectivity index (χ3n) is 5.15. The van der Waals surface area contributed by atoms with Crippen LogP contribution in [0.3, 0.4) is 0 Å². The summed E-state index contributed by atoms with van der Waals surface area (Å²) in [4.78, 5) is 35.4. The highest BCUT2D eigenvalue weighted by molar-refractivity contribution is 5.97. The summed E-state index contributed by atoms with van der Waals surface area (Å²) in [5, 5.41) is 6.57. The number of nitrogens with one attached hydrogen (secondary N) is 2. The molecule has 2 amide bonds. The van der Waals surface area contributed by atoms with Crippen molar-refractivity contribution in [1.82, 2.24) is 9.88 Å². The second kappa shape index (κ2) is 7.68. The molecule has 6 heteroatoms. The predicted octanol–water partition coefficient (Wildman–Crippen LogP) is 3.16. The summed E-state index contributed by atoms with van der Waals surface area (Å²) in [6.45, 7) is 0.472. The van der Waals surface area contributed by atoms with Gasteiger partial charge in [0.05, 0.1) is 5.52 Å². The lowest BCUT2D eigenvalue weighted by Crippen LogP contribution is -2.26. The molecule has 6 nitrogen and oxygen atoms in total. The molecule has 0 saturated carbocycles. The van der Waals surface area contributed by atoms with Gasteiger partial charge in [-0.25, -0.2) is 0 Å². The number of nitrogens with zero attached hydrogens (tertiary/aromatic N) is 1. The lowest BCUT2D eigenvalue weighted by atomic mass is 10.0. The van der Waals surface area contributed by atoms with Crippen LogP contribution in [0.15, 0.2) is 48.5 Å². The van der Waals surface area contributed by atoms with Crippen molar-refractivity contribution in [3.05, 3.63) is 65.4 Å². The fourth-order valence-electron chi connectivity index (χ4n) is 3.93. The summed E-state index contributed by atoms with van der Waals surface area (Å²) in [5.41, 5.74) is 4.24. The third-order valence-corrected chi connectivity index (χ3v) is 5.15. The monoisotopic (exact) mass is 375 g/mol. The molecule has 1 aliphatic heterocycles. The molecular weight excluding hydrogens is 354 g/mol. The van der Waals surface area contributed by atoms with Gasteiger partial charge in [-0.15, -0.1) is 0 Å². The maximum Gasteiger partial charge on any atom is 0.251 e. The molecule has 0 aliphatic carbocycles. The average molecular weight is 375 g/mol. The van der Waals surface area contributed by atoms with Gasteiger partial charge in [-0.1, -0.05) is 24.3 Å². The number of hydrogen-bond acceptors (Lipinski definition) is 3. The SMILES string of the molecule is O=CNc1cccc(C(=O)NCCc2c3n(c4ccccc24)C(=O)CCC3)c1. The normalized spacial score (nSPS) is 13.2. The first-order chi connectivity index (χ1) is 13.7. The van der Waals surface area contributed by atoms with E-state index < -0.39 is 0 Å². The van der Waals surface area contributed by atoms with Crippen LogP contribution in [0.5, 0.6) is 0 Å². The molecule has 0 saturated heterocycles. The van der Waals surface area contributed by atoms with E-state index in [0.717, 1.165) is 35.0 Å². The Labute approximate surface area is 162 Å². The zero-order valence-electron chi connectivity index (χ0n) is 15.4. The number of para-hydroxylation sites is 1. The van der Waals surface area contributed by atoms with E-state index in [1.807, 2.05) is 28.8 Å². The van der Waals surface area contributed by atoms with Crippen LogP contribution in [0.2, 0.25) is 0 Å². The number of amides is 2. The molecule has 4 rings (SSSR count). The summed E-state index contributed by atoms with van der Waals surface area (Å²) >= 11 is 0. The van der Waals surface area contributed by atoms with Gasteiger partial charge in [0, 0.05) is 35.3 Å². The highest BCUT2D eigenvalue weighted by Crippen LogP contribution is 2.30. The second-order valence-corrected chi connectivity index (χ2v) is 6.87. The van der Waals surface area contributed by atoms with Crippen molar-refractivity contribution in [1.29, 1.82) is 0 Å². The van der Waals surface area contributed by atoms with Gasteiger partial charge in [-0.05, 0) is 49.1 Å². The standard InChI is InChI=1S/C22H21N3O3/c26-14-24-16-6-3-5-15(13-16)22(28)23-12-11-18-17-7-1-2-8-19(17)25-20(18)9-4-10-21(25)27/h1-3,5-8,13-14H,4,9-12H2,(H,23,28)(H,24,26). The number of hydrogen-bond donors (Lipinski definition) is 2. The van der Waals surface area contributed by atoms with E-state index in [2.05, 4.69) is 10.6 Å². The van der Waals surface area contributed by atoms with Crippen molar-refractivity contribution < 1.29 is 14.4 Å². The molecule has 28 heavy (non-hydrogen) atoms. The molecule has 0 atom stereocenters. The van der Waals surface area contributed by atoms with Crippen LogP contribution in [0.4, 0.5) is 5.69 Å². The molecule has 2 aromatic carbocycles. The van der Waals surface area contributed by atoms with Gasteiger partial charge in [-0.3, -0.25) is 19.0 Å². The van der Waals surface area contributed by atoms with Crippen molar-refractivity contribution >= 4 is 34.8 Å². The number of benzene rings is 2. The molecule has 1 aromatic heterocycles. The molecule has 2 heterocycles. The fourth-order valence-corrected chi connectivity index (χ4v) is 3.93. The molecule has 0 radical (unpaired) electrons. The van der Waals surface area contributed by atoms with E-state index in [-0.39, 0.29) is 11.8 Å². The zero-order valence-corrected chi connectivity index (χ0v) is 15.4. The summed E-state index contributed by atoms with van der Waals surface area (Å²) in [6, 6.07) is 14.7. The van der Waals surface area contributed by atoms with Crippen LogP contribution in [0.25, 0.3) is 10.9 Å². The summed E-state index contributed by atoms with van der Waals surface area (Å²) < 4.78 is 1.85. The minimum absolute atomic E-state index is 0.146. The highest BCUT2D eigenvalue weighted by Gasteiger charge is 2.24. The van der Waals surface area contributed by atoms with E-state index in [1.54, 1.807) is 24.3 Å². The lowest BCUT2D eigenvalue weighted by molar-refractivity contribution is -0.105. The first kappa shape index (κ1) is 18.0. The quantitative estimate of drug-likeness (QED) is 0.650. The van der Waals surface area contributed by atoms with E-state index in [0.29, 0.717) is 37.0 Å². The van der Waals surface area contributed by atoms with Gasteiger partial charge in [0.15, 0.2) is 0 Å². The van der Waals surface area contributed by atoms with Crippen LogP contribution in [-0.2, 0) is 17.6 Å². The number of anilines is 1. The van der Waals surface area contributed by atoms with Crippen LogP contribution in [0.1, 0.15) is 39.3 Å². The lowest BCUT2D eigenvalue weighted by Gasteiger charge is -2.16. The van der Waals surface area contributed by atoms with Gasteiger partial charge in [0.1, 0.15) is 0 Å². The van der Waals surface area contributed by atoms with Crippen LogP contribution in [0, 0.1) is 0 Å². The molecular formula is C22H21N3O3. The number of rotatable bonds is 6. The molecule has 3 aromatic rings. The minimum Gasteiger partial charge on any atom is -0.352 e. The molecule has 0 spiro atoms. The summed E-state index contributed by atoms with van der Waals surface area (Å²) in [6.07, 6.45) is 3.56. The minimum atomic E-state index is -0.192. The number of carbonyl (C=O) groups excluding carboxylic acids is 3. The van der Waals surface area contributed by atoms with E-state index in [9.17, 15) is 14.4 Å². The van der Waals surface area contributed by atoms with Crippen LogP contribution in [-0.4, -0.2) is 29.3 Å². The van der Waals surface area contributed by atoms with Gasteiger partial charge in [0.25, 0.3) is 5.91 Å². The largest absolute Gasteiger partial charge is 0.352 e. The fraction of sp³-hybridized carbons (Fsp3) is 0.227. The van der Waals surface area contributed by atoms with Crippen molar-refractivity contribution in [2.24, 2.45) is 0 Å². The topological polar surface area (TPSA) is 80.2 Å². The Morgan fingerprint density at radius 1 is 1.11 bits per heavy atom. The van der Waals surface area contributed by atoms with Gasteiger partial charge in [0.2, 0.25) is 12.3 Å². The molecule has 0 fully saturated rings. The smallest absolute Gasteiger partial charge is 0.251 e. The third kappa shape index (κ3) is 3.29. The van der Waals surface area contributed by atoms with Gasteiger partial charge < -0.3 is 10.6 Å². The highest BCUT2D eigenvalue weighted by atomic mass is 16.2. The van der Waals surface area contributed by atoms with Gasteiger partial charge in [-0.2, -0.15) is 0 Å². The summed E-state index contributed by atoms with van der Waals surface area (Å²) in [5.74, 6) is -0.0461. The Bertz CT molecular complexity index is 1070. The van der Waals surface area contributed by atoms with Crippen LogP contribution >= 0.6 is 0 Å². The second-order valence-electron chi connectivity index (χ2n) is 6.87. The molecule has 2 N–H and O–H groups in total. The van der Waals surface area contributed by atoms with Crippen molar-refractivity contribution in [2.75, 3.05) is 11.9 Å². The molecule has 0 bridgehead atoms. The Balaban J connectivity index is 1.52. The van der Waals surface area contributed by atoms with E-state index in [4.69, 9.17) is 0 Å². The zero-order chi connectivity index (χ0) is 19.5. The van der Waals surface area contributed by atoms with Crippen LogP contribution < -0.4 is 10.6 Å². The molecule has 0 unspecified atom stereocenters. The first-order valence-corrected chi connectivity index (χ1v) is 9.42. The molecule has 1 aliphatic rings. The average Bonchev–Trinajstić information content (AvgIpc) is 3.03. The first-order valence-electron chi connectivity index (χ1n) is 9.42. The number of fused-ring (bicyclic) bond motifs is 3. The number of carbonyl (C=O) groups is 3. The maximum atomic E-state index is 12.4. The summed E-state index contributed by atoms with van der Waals surface area (Å²) in [7, 11) is 0. The van der Waals surface area contributed by atoms with E-state index >= 15 is 0 Å². The predicted molar refractivity (Wildman–Crippen MR) is 108 cm³/mol. The van der Waals surface area contributed by atoms with E-state index in [1.165, 1.54) is 0 Å². The Hall–Kier alpha value is -3.41. The van der Waals surface area contributed by atoms with Crippen molar-refractivity contribution in [3.8, 4) is 0 Å². The maximum absolute atomic E-state index is 12.4. The van der Waals surface area contributed by atoms with Crippen molar-refractivity contribution in [2.45, 2.75) is 25.7 Å². The Kier molecular flexibility index (Phi) is 4.93. The molecule has 142 valence electrons. The number of aromatic nitrogens is 1.